The van der Waals surface area contributed by atoms with Crippen LogP contribution in [-0.2, 0) is 0 Å². The minimum atomic E-state index is -0.919. The van der Waals surface area contributed by atoms with Gasteiger partial charge in [-0.05, 0) is 38.1 Å². The number of carbonyl (C=O) groups is 1. The lowest BCUT2D eigenvalue weighted by molar-refractivity contribution is 0.0699. The van der Waals surface area contributed by atoms with Crippen molar-refractivity contribution in [2.75, 3.05) is 32.0 Å². The second-order valence-corrected chi connectivity index (χ2v) is 5.68. The van der Waals surface area contributed by atoms with E-state index in [1.165, 1.54) is 6.42 Å². The first kappa shape index (κ1) is 13.8. The summed E-state index contributed by atoms with van der Waals surface area (Å²) < 4.78 is 0. The van der Waals surface area contributed by atoms with Crippen LogP contribution in [0.1, 0.15) is 16.8 Å². The van der Waals surface area contributed by atoms with Gasteiger partial charge in [-0.15, -0.1) is 0 Å². The maximum Gasteiger partial charge on any atom is 0.336 e. The van der Waals surface area contributed by atoms with Crippen molar-refractivity contribution in [3.8, 4) is 0 Å². The molecule has 3 rings (SSSR count). The number of aromatic nitrogens is 1. The fourth-order valence-electron chi connectivity index (χ4n) is 2.88. The van der Waals surface area contributed by atoms with Crippen LogP contribution in [0.5, 0.6) is 0 Å². The minimum absolute atomic E-state index is 0.298. The van der Waals surface area contributed by atoms with Gasteiger partial charge in [0.05, 0.1) is 11.1 Å². The monoisotopic (exact) mass is 285 g/mol. The van der Waals surface area contributed by atoms with Crippen molar-refractivity contribution in [1.82, 2.24) is 9.88 Å². The summed E-state index contributed by atoms with van der Waals surface area (Å²) in [5.74, 6) is 0.314. The van der Waals surface area contributed by atoms with E-state index in [1.807, 2.05) is 18.2 Å². The van der Waals surface area contributed by atoms with Crippen molar-refractivity contribution >= 4 is 22.7 Å². The van der Waals surface area contributed by atoms with Gasteiger partial charge in [0, 0.05) is 18.5 Å². The van der Waals surface area contributed by atoms with Crippen LogP contribution < -0.4 is 5.32 Å². The first-order valence-corrected chi connectivity index (χ1v) is 7.19. The largest absolute Gasteiger partial charge is 0.478 e. The summed E-state index contributed by atoms with van der Waals surface area (Å²) in [6.45, 7) is 3.03. The van der Waals surface area contributed by atoms with Crippen molar-refractivity contribution in [2.45, 2.75) is 6.42 Å². The van der Waals surface area contributed by atoms with E-state index in [-0.39, 0.29) is 0 Å². The van der Waals surface area contributed by atoms with Crippen LogP contribution in [0.15, 0.2) is 30.3 Å². The molecule has 2 aromatic rings. The van der Waals surface area contributed by atoms with Crippen LogP contribution in [-0.4, -0.2) is 47.6 Å². The molecule has 1 aromatic heterocycles. The molecule has 1 aliphatic rings. The van der Waals surface area contributed by atoms with Crippen LogP contribution in [0.2, 0.25) is 0 Å². The second-order valence-electron chi connectivity index (χ2n) is 5.68. The lowest BCUT2D eigenvalue weighted by Crippen LogP contribution is -2.19. The zero-order chi connectivity index (χ0) is 14.8. The molecule has 0 spiro atoms. The van der Waals surface area contributed by atoms with E-state index < -0.39 is 5.97 Å². The highest BCUT2D eigenvalue weighted by Gasteiger charge is 2.19. The summed E-state index contributed by atoms with van der Waals surface area (Å²) >= 11 is 0. The summed E-state index contributed by atoms with van der Waals surface area (Å²) in [7, 11) is 2.12. The molecule has 1 unspecified atom stereocenters. The highest BCUT2D eigenvalue weighted by atomic mass is 16.4. The molecule has 1 fully saturated rings. The fourth-order valence-corrected chi connectivity index (χ4v) is 2.88. The van der Waals surface area contributed by atoms with E-state index in [0.29, 0.717) is 28.2 Å². The number of rotatable bonds is 4. The molecule has 110 valence electrons. The number of fused-ring (bicyclic) bond motifs is 1. The lowest BCUT2D eigenvalue weighted by Gasteiger charge is -2.13. The molecule has 5 heteroatoms. The number of hydrogen-bond donors (Lipinski definition) is 2. The Balaban J connectivity index is 1.83. The number of aromatic carboxylic acids is 1. The summed E-state index contributed by atoms with van der Waals surface area (Å²) in [5.41, 5.74) is 1.01. The maximum absolute atomic E-state index is 11.4. The van der Waals surface area contributed by atoms with E-state index >= 15 is 0 Å². The first-order valence-electron chi connectivity index (χ1n) is 7.19. The number of carboxylic acids is 1. The second kappa shape index (κ2) is 5.69. The number of nitrogens with one attached hydrogen (secondary N) is 1. The minimum Gasteiger partial charge on any atom is -0.478 e. The average Bonchev–Trinajstić information content (AvgIpc) is 2.89. The fraction of sp³-hybridized carbons (Fsp3) is 0.375. The van der Waals surface area contributed by atoms with Crippen LogP contribution in [0, 0.1) is 5.92 Å². The molecule has 1 saturated heterocycles. The van der Waals surface area contributed by atoms with Gasteiger partial charge in [-0.3, -0.25) is 0 Å². The summed E-state index contributed by atoms with van der Waals surface area (Å²) in [6, 6.07) is 8.97. The topological polar surface area (TPSA) is 65.5 Å². The predicted octanol–water partition coefficient (Wildman–Crippen LogP) is 2.30. The van der Waals surface area contributed by atoms with Crippen LogP contribution >= 0.6 is 0 Å². The highest BCUT2D eigenvalue weighted by Crippen LogP contribution is 2.22. The number of likely N-dealkylation sites (tertiary alicyclic amines) is 1. The molecule has 1 aromatic carbocycles. The van der Waals surface area contributed by atoms with Crippen LogP contribution in [0.25, 0.3) is 10.9 Å². The quantitative estimate of drug-likeness (QED) is 0.902. The summed E-state index contributed by atoms with van der Waals surface area (Å²) in [5, 5.41) is 13.3. The van der Waals surface area contributed by atoms with E-state index in [4.69, 9.17) is 0 Å². The molecular formula is C16H19N3O2. The van der Waals surface area contributed by atoms with Gasteiger partial charge < -0.3 is 15.3 Å². The Morgan fingerprint density at radius 3 is 3.00 bits per heavy atom. The van der Waals surface area contributed by atoms with E-state index in [2.05, 4.69) is 22.2 Å². The molecule has 2 N–H and O–H groups in total. The third-order valence-electron chi connectivity index (χ3n) is 4.01. The normalized spacial score (nSPS) is 19.0. The standard InChI is InChI=1S/C16H19N3O2/c1-19-7-6-11(10-19)9-17-15-8-13(16(20)21)12-4-2-3-5-14(12)18-15/h2-5,8,11H,6-7,9-10H2,1H3,(H,17,18)(H,20,21). The number of benzene rings is 1. The molecule has 0 bridgehead atoms. The lowest BCUT2D eigenvalue weighted by atomic mass is 10.1. The van der Waals surface area contributed by atoms with Crippen molar-refractivity contribution in [3.05, 3.63) is 35.9 Å². The Bertz CT molecular complexity index is 672. The van der Waals surface area contributed by atoms with Gasteiger partial charge in [0.15, 0.2) is 0 Å². The number of nitrogens with zero attached hydrogens (tertiary/aromatic N) is 2. The molecular weight excluding hydrogens is 266 g/mol. The van der Waals surface area contributed by atoms with E-state index in [1.54, 1.807) is 12.1 Å². The Morgan fingerprint density at radius 1 is 1.48 bits per heavy atom. The van der Waals surface area contributed by atoms with Gasteiger partial charge in [-0.2, -0.15) is 0 Å². The third kappa shape index (κ3) is 2.97. The number of anilines is 1. The first-order chi connectivity index (χ1) is 10.1. The number of carboxylic acid groups (broad SMARTS) is 1. The van der Waals surface area contributed by atoms with E-state index in [9.17, 15) is 9.90 Å². The number of pyridine rings is 1. The van der Waals surface area contributed by atoms with Gasteiger partial charge in [-0.1, -0.05) is 18.2 Å². The van der Waals surface area contributed by atoms with Gasteiger partial charge in [0.2, 0.25) is 0 Å². The molecule has 21 heavy (non-hydrogen) atoms. The summed E-state index contributed by atoms with van der Waals surface area (Å²) in [4.78, 5) is 18.2. The predicted molar refractivity (Wildman–Crippen MR) is 82.8 cm³/mol. The van der Waals surface area contributed by atoms with Gasteiger partial charge >= 0.3 is 5.97 Å². The Morgan fingerprint density at radius 2 is 2.29 bits per heavy atom. The van der Waals surface area contributed by atoms with Crippen LogP contribution in [0.3, 0.4) is 0 Å². The third-order valence-corrected chi connectivity index (χ3v) is 4.01. The smallest absolute Gasteiger partial charge is 0.336 e. The van der Waals surface area contributed by atoms with Crippen molar-refractivity contribution in [2.24, 2.45) is 5.92 Å². The average molecular weight is 285 g/mol. The molecule has 1 aliphatic heterocycles. The maximum atomic E-state index is 11.4. The number of para-hydroxylation sites is 1. The number of hydrogen-bond acceptors (Lipinski definition) is 4. The van der Waals surface area contributed by atoms with Crippen molar-refractivity contribution in [1.29, 1.82) is 0 Å². The van der Waals surface area contributed by atoms with E-state index in [0.717, 1.165) is 19.6 Å². The molecule has 1 atom stereocenters. The molecule has 0 aliphatic carbocycles. The Kier molecular flexibility index (Phi) is 3.75. The zero-order valence-electron chi connectivity index (χ0n) is 12.0. The molecule has 0 saturated carbocycles. The SMILES string of the molecule is CN1CCC(CNc2cc(C(=O)O)c3ccccc3n2)C1. The molecule has 5 nitrogen and oxygen atoms in total. The highest BCUT2D eigenvalue weighted by molar-refractivity contribution is 6.03. The van der Waals surface area contributed by atoms with Crippen molar-refractivity contribution in [3.63, 3.8) is 0 Å². The van der Waals surface area contributed by atoms with Gasteiger partial charge in [0.1, 0.15) is 5.82 Å². The Labute approximate surface area is 123 Å². The van der Waals surface area contributed by atoms with Crippen LogP contribution in [0.4, 0.5) is 5.82 Å². The zero-order valence-corrected chi connectivity index (χ0v) is 12.0. The molecule has 0 radical (unpaired) electrons. The van der Waals surface area contributed by atoms with Gasteiger partial charge in [0.25, 0.3) is 0 Å². The van der Waals surface area contributed by atoms with Gasteiger partial charge in [-0.25, -0.2) is 9.78 Å². The molecule has 2 heterocycles. The summed E-state index contributed by atoms with van der Waals surface area (Å²) in [6.07, 6.45) is 1.17. The Hall–Kier alpha value is -2.14. The van der Waals surface area contributed by atoms with Crippen molar-refractivity contribution < 1.29 is 9.90 Å². The molecule has 0 amide bonds.